The van der Waals surface area contributed by atoms with Gasteiger partial charge in [0.1, 0.15) is 19.8 Å². The van der Waals surface area contributed by atoms with Crippen LogP contribution in [0, 0.1) is 0 Å². The zero-order chi connectivity index (χ0) is 44.3. The summed E-state index contributed by atoms with van der Waals surface area (Å²) in [6.45, 7) is 4.13. The average molecular weight is 864 g/mol. The molecule has 0 aliphatic rings. The summed E-state index contributed by atoms with van der Waals surface area (Å²) >= 11 is 0. The van der Waals surface area contributed by atoms with Crippen molar-refractivity contribution in [2.45, 2.75) is 200 Å². The number of hydrogen-bond acceptors (Lipinski definition) is 8. The fraction of sp³-hybridized carbons (Fsp3) is 0.760. The van der Waals surface area contributed by atoms with Crippen molar-refractivity contribution in [2.75, 3.05) is 47.5 Å². The molecule has 0 N–H and O–H groups in total. The highest BCUT2D eigenvalue weighted by Crippen LogP contribution is 2.38. The number of allylic oxidation sites excluding steroid dienone is 10. The van der Waals surface area contributed by atoms with Crippen LogP contribution in [0.25, 0.3) is 0 Å². The Bertz CT molecular complexity index is 1210. The third kappa shape index (κ3) is 45.2. The van der Waals surface area contributed by atoms with E-state index in [-0.39, 0.29) is 26.1 Å². The fourth-order valence-corrected chi connectivity index (χ4v) is 6.96. The summed E-state index contributed by atoms with van der Waals surface area (Å²) < 4.78 is 33.9. The van der Waals surface area contributed by atoms with E-state index in [1.54, 1.807) is 0 Å². The van der Waals surface area contributed by atoms with Crippen LogP contribution in [0.15, 0.2) is 60.8 Å². The standard InChI is InChI=1S/C50H90NO8P/c1-6-8-10-12-14-16-18-20-22-24-25-27-28-30-32-34-36-38-40-42-49(52)56-46-48(47-58-60(54,55)57-45-44-51(3,4)5)59-50(53)43-41-39-37-35-33-31-29-26-23-21-19-17-15-13-11-9-7-2/h14,16,20-23,29,31,35,37,48H,6-13,15,17-19,24-28,30,32-34,36,38-47H2,1-5H3/b16-14-,22-20-,23-21-,31-29-,37-35-/t48-/m1/s1. The van der Waals surface area contributed by atoms with Crippen LogP contribution >= 0.6 is 7.82 Å². The average Bonchev–Trinajstić information content (AvgIpc) is 3.20. The van der Waals surface area contributed by atoms with Gasteiger partial charge in [-0.15, -0.1) is 0 Å². The number of unbranched alkanes of at least 4 members (excludes halogenated alkanes) is 19. The van der Waals surface area contributed by atoms with Gasteiger partial charge in [-0.25, -0.2) is 0 Å². The van der Waals surface area contributed by atoms with Crippen molar-refractivity contribution in [1.82, 2.24) is 0 Å². The van der Waals surface area contributed by atoms with Crippen LogP contribution in [0.5, 0.6) is 0 Å². The lowest BCUT2D eigenvalue weighted by atomic mass is 10.1. The number of likely N-dealkylation sites (N-methyl/N-ethyl adjacent to an activating group) is 1. The van der Waals surface area contributed by atoms with E-state index in [9.17, 15) is 19.0 Å². The first-order chi connectivity index (χ1) is 29.0. The number of quaternary nitrogens is 1. The molecule has 0 amide bonds. The van der Waals surface area contributed by atoms with Crippen LogP contribution in [0.1, 0.15) is 194 Å². The Morgan fingerprint density at radius 1 is 0.517 bits per heavy atom. The van der Waals surface area contributed by atoms with Crippen molar-refractivity contribution in [1.29, 1.82) is 0 Å². The topological polar surface area (TPSA) is 111 Å². The lowest BCUT2D eigenvalue weighted by molar-refractivity contribution is -0.870. The Hall–Kier alpha value is -2.29. The molecule has 1 unspecified atom stereocenters. The number of rotatable bonds is 43. The number of hydrogen-bond donors (Lipinski definition) is 0. The summed E-state index contributed by atoms with van der Waals surface area (Å²) in [5.41, 5.74) is 0. The molecule has 9 nitrogen and oxygen atoms in total. The molecule has 10 heteroatoms. The van der Waals surface area contributed by atoms with Crippen molar-refractivity contribution >= 4 is 19.8 Å². The highest BCUT2D eigenvalue weighted by molar-refractivity contribution is 7.45. The highest BCUT2D eigenvalue weighted by Gasteiger charge is 2.21. The first kappa shape index (κ1) is 57.7. The molecule has 2 atom stereocenters. The summed E-state index contributed by atoms with van der Waals surface area (Å²) in [5.74, 6) is -0.901. The van der Waals surface area contributed by atoms with Gasteiger partial charge in [-0.1, -0.05) is 164 Å². The summed E-state index contributed by atoms with van der Waals surface area (Å²) in [6.07, 6.45) is 51.1. The molecule has 0 aliphatic heterocycles. The smallest absolute Gasteiger partial charge is 0.306 e. The van der Waals surface area contributed by atoms with Crippen molar-refractivity contribution in [3.63, 3.8) is 0 Å². The van der Waals surface area contributed by atoms with Crippen LogP contribution in [-0.4, -0.2) is 70.0 Å². The van der Waals surface area contributed by atoms with Crippen molar-refractivity contribution < 1.29 is 42.1 Å². The number of carbonyl (C=O) groups excluding carboxylic acids is 2. The molecule has 0 bridgehead atoms. The van der Waals surface area contributed by atoms with Gasteiger partial charge in [0.2, 0.25) is 0 Å². The highest BCUT2D eigenvalue weighted by atomic mass is 31.2. The molecule has 0 aliphatic carbocycles. The summed E-state index contributed by atoms with van der Waals surface area (Å²) in [4.78, 5) is 37.6. The summed E-state index contributed by atoms with van der Waals surface area (Å²) in [7, 11) is 1.13. The van der Waals surface area contributed by atoms with Gasteiger partial charge in [0, 0.05) is 12.8 Å². The van der Waals surface area contributed by atoms with Gasteiger partial charge in [-0.3, -0.25) is 14.2 Å². The first-order valence-electron chi connectivity index (χ1n) is 24.0. The monoisotopic (exact) mass is 864 g/mol. The van der Waals surface area contributed by atoms with Crippen LogP contribution in [-0.2, 0) is 32.7 Å². The van der Waals surface area contributed by atoms with E-state index in [0.717, 1.165) is 57.8 Å². The number of phosphoric ester groups is 1. The Labute approximate surface area is 368 Å². The van der Waals surface area contributed by atoms with Gasteiger partial charge in [0.05, 0.1) is 27.7 Å². The van der Waals surface area contributed by atoms with Gasteiger partial charge < -0.3 is 27.9 Å². The first-order valence-corrected chi connectivity index (χ1v) is 25.5. The number of carbonyl (C=O) groups is 2. The second kappa shape index (κ2) is 42.0. The van der Waals surface area contributed by atoms with Gasteiger partial charge in [0.25, 0.3) is 7.82 Å². The second-order valence-electron chi connectivity index (χ2n) is 17.1. The van der Waals surface area contributed by atoms with Crippen molar-refractivity contribution in [3.8, 4) is 0 Å². The Morgan fingerprint density at radius 2 is 0.917 bits per heavy atom. The van der Waals surface area contributed by atoms with E-state index in [1.807, 2.05) is 27.2 Å². The maximum absolute atomic E-state index is 12.7. The summed E-state index contributed by atoms with van der Waals surface area (Å²) in [6, 6.07) is 0. The van der Waals surface area contributed by atoms with Gasteiger partial charge >= 0.3 is 11.9 Å². The van der Waals surface area contributed by atoms with Crippen molar-refractivity contribution in [2.24, 2.45) is 0 Å². The van der Waals surface area contributed by atoms with Crippen LogP contribution in [0.3, 0.4) is 0 Å². The van der Waals surface area contributed by atoms with E-state index >= 15 is 0 Å². The predicted octanol–water partition coefficient (Wildman–Crippen LogP) is 13.4. The van der Waals surface area contributed by atoms with E-state index < -0.39 is 32.5 Å². The second-order valence-corrected chi connectivity index (χ2v) is 18.5. The Kier molecular flexibility index (Phi) is 40.4. The third-order valence-electron chi connectivity index (χ3n) is 10.0. The molecule has 0 radical (unpaired) electrons. The zero-order valence-corrected chi connectivity index (χ0v) is 40.0. The number of phosphoric acid groups is 1. The minimum atomic E-state index is -4.64. The SMILES string of the molecule is CCCCC/C=C\C/C=C\CCCCCCCCCCCC(=O)OC[C@H](COP(=O)([O-])OCC[N+](C)(C)C)OC(=O)CCC/C=C\C/C=C\C/C=C\CCCCCCCC. The Balaban J connectivity index is 4.39. The molecule has 0 fully saturated rings. The molecule has 0 aromatic heterocycles. The number of esters is 2. The normalized spacial score (nSPS) is 14.0. The maximum Gasteiger partial charge on any atom is 0.306 e. The maximum atomic E-state index is 12.7. The molecule has 0 saturated carbocycles. The van der Waals surface area contributed by atoms with Gasteiger partial charge in [-0.2, -0.15) is 0 Å². The third-order valence-corrected chi connectivity index (χ3v) is 11.0. The van der Waals surface area contributed by atoms with Gasteiger partial charge in [-0.05, 0) is 77.0 Å². The lowest BCUT2D eigenvalue weighted by Gasteiger charge is -2.28. The Morgan fingerprint density at radius 3 is 1.42 bits per heavy atom. The van der Waals surface area contributed by atoms with Crippen LogP contribution in [0.2, 0.25) is 0 Å². The molecule has 0 spiro atoms. The predicted molar refractivity (Wildman–Crippen MR) is 250 cm³/mol. The molecular weight excluding hydrogens is 774 g/mol. The lowest BCUT2D eigenvalue weighted by Crippen LogP contribution is -2.37. The number of nitrogens with zero attached hydrogens (tertiary/aromatic N) is 1. The zero-order valence-electron chi connectivity index (χ0n) is 39.1. The largest absolute Gasteiger partial charge is 0.756 e. The molecule has 0 aromatic carbocycles. The fourth-order valence-electron chi connectivity index (χ4n) is 6.23. The molecule has 0 heterocycles. The van der Waals surface area contributed by atoms with Crippen LogP contribution < -0.4 is 4.89 Å². The van der Waals surface area contributed by atoms with E-state index in [1.165, 1.54) is 96.3 Å². The number of ether oxygens (including phenoxy) is 2. The molecule has 0 saturated heterocycles. The van der Waals surface area contributed by atoms with E-state index in [4.69, 9.17) is 18.5 Å². The van der Waals surface area contributed by atoms with Gasteiger partial charge in [0.15, 0.2) is 6.10 Å². The molecule has 348 valence electrons. The van der Waals surface area contributed by atoms with Crippen LogP contribution in [0.4, 0.5) is 0 Å². The van der Waals surface area contributed by atoms with Crippen molar-refractivity contribution in [3.05, 3.63) is 60.8 Å². The minimum Gasteiger partial charge on any atom is -0.756 e. The molecule has 60 heavy (non-hydrogen) atoms. The minimum absolute atomic E-state index is 0.0427. The quantitative estimate of drug-likeness (QED) is 0.0196. The molecular formula is C50H90NO8P. The summed E-state index contributed by atoms with van der Waals surface area (Å²) in [5, 5.41) is 0. The molecule has 0 rings (SSSR count). The van der Waals surface area contributed by atoms with E-state index in [2.05, 4.69) is 68.5 Å². The van der Waals surface area contributed by atoms with E-state index in [0.29, 0.717) is 23.9 Å². The molecule has 0 aromatic rings.